The zero-order chi connectivity index (χ0) is 17.5. The number of likely N-dealkylation sites (tertiary alicyclic amines) is 1. The van der Waals surface area contributed by atoms with Crippen LogP contribution < -0.4 is 10.6 Å². The van der Waals surface area contributed by atoms with Gasteiger partial charge in [0.1, 0.15) is 0 Å². The molecule has 0 spiro atoms. The molecule has 1 aromatic heterocycles. The summed E-state index contributed by atoms with van der Waals surface area (Å²) >= 11 is 0. The maximum absolute atomic E-state index is 13.5. The molecule has 1 unspecified atom stereocenters. The van der Waals surface area contributed by atoms with E-state index in [9.17, 15) is 4.39 Å². The quantitative estimate of drug-likeness (QED) is 0.838. The van der Waals surface area contributed by atoms with E-state index in [4.69, 9.17) is 0 Å². The van der Waals surface area contributed by atoms with E-state index in [2.05, 4.69) is 49.8 Å². The molecule has 2 aromatic rings. The van der Waals surface area contributed by atoms with Gasteiger partial charge in [0.05, 0.1) is 12.2 Å². The van der Waals surface area contributed by atoms with Crippen LogP contribution in [0.2, 0.25) is 0 Å². The fourth-order valence-corrected chi connectivity index (χ4v) is 3.36. The molecule has 25 heavy (non-hydrogen) atoms. The van der Waals surface area contributed by atoms with Gasteiger partial charge in [0.25, 0.3) is 0 Å². The number of rotatable bonds is 6. The predicted molar refractivity (Wildman–Crippen MR) is 99.3 cm³/mol. The van der Waals surface area contributed by atoms with E-state index in [1.807, 2.05) is 6.07 Å². The van der Waals surface area contributed by atoms with Crippen molar-refractivity contribution in [3.05, 3.63) is 47.9 Å². The van der Waals surface area contributed by atoms with Crippen LogP contribution in [-0.2, 0) is 0 Å². The van der Waals surface area contributed by atoms with Crippen LogP contribution >= 0.6 is 0 Å². The van der Waals surface area contributed by atoms with Crippen molar-refractivity contribution in [2.45, 2.75) is 31.7 Å². The zero-order valence-electron chi connectivity index (χ0n) is 14.7. The summed E-state index contributed by atoms with van der Waals surface area (Å²) in [5.41, 5.74) is 1.29. The van der Waals surface area contributed by atoms with Gasteiger partial charge in [-0.1, -0.05) is 43.2 Å². The second-order valence-corrected chi connectivity index (χ2v) is 6.40. The molecule has 1 fully saturated rings. The van der Waals surface area contributed by atoms with Crippen LogP contribution in [0.15, 0.2) is 36.5 Å². The Morgan fingerprint density at radius 3 is 2.52 bits per heavy atom. The lowest BCUT2D eigenvalue weighted by Crippen LogP contribution is -2.34. The molecule has 1 atom stereocenters. The first-order valence-corrected chi connectivity index (χ1v) is 9.01. The number of benzene rings is 1. The topological polar surface area (TPSA) is 53.1 Å². The minimum absolute atomic E-state index is 0.212. The summed E-state index contributed by atoms with van der Waals surface area (Å²) in [4.78, 5) is 10.8. The second kappa shape index (κ2) is 8.76. The van der Waals surface area contributed by atoms with Crippen LogP contribution in [-0.4, -0.2) is 41.5 Å². The Bertz CT molecular complexity index is 656. The monoisotopic (exact) mass is 343 g/mol. The van der Waals surface area contributed by atoms with Gasteiger partial charge in [0.15, 0.2) is 11.6 Å². The van der Waals surface area contributed by atoms with Crippen molar-refractivity contribution in [2.24, 2.45) is 0 Å². The van der Waals surface area contributed by atoms with E-state index in [1.165, 1.54) is 37.4 Å². The number of aromatic nitrogens is 2. The molecule has 134 valence electrons. The summed E-state index contributed by atoms with van der Waals surface area (Å²) in [6, 6.07) is 10.8. The lowest BCUT2D eigenvalue weighted by atomic mass is 10.0. The molecule has 1 aromatic carbocycles. The highest BCUT2D eigenvalue weighted by Crippen LogP contribution is 2.24. The highest BCUT2D eigenvalue weighted by molar-refractivity contribution is 5.40. The fraction of sp³-hybridized carbons (Fsp3) is 0.474. The van der Waals surface area contributed by atoms with E-state index in [1.54, 1.807) is 7.05 Å². The molecule has 0 bridgehead atoms. The van der Waals surface area contributed by atoms with Crippen molar-refractivity contribution < 1.29 is 4.39 Å². The third-order valence-electron chi connectivity index (χ3n) is 4.70. The lowest BCUT2D eigenvalue weighted by Gasteiger charge is -2.31. The molecule has 1 saturated heterocycles. The van der Waals surface area contributed by atoms with Crippen LogP contribution in [0.4, 0.5) is 16.2 Å². The van der Waals surface area contributed by atoms with Gasteiger partial charge in [-0.25, -0.2) is 9.37 Å². The molecule has 2 heterocycles. The molecular weight excluding hydrogens is 317 g/mol. The summed E-state index contributed by atoms with van der Waals surface area (Å²) in [6.07, 6.45) is 6.28. The zero-order valence-corrected chi connectivity index (χ0v) is 14.7. The molecule has 3 rings (SSSR count). The van der Waals surface area contributed by atoms with Gasteiger partial charge in [-0.05, 0) is 31.5 Å². The normalized spacial score (nSPS) is 16.9. The molecule has 2 N–H and O–H groups in total. The molecule has 1 aliphatic heterocycles. The number of nitrogens with zero attached hydrogens (tertiary/aromatic N) is 3. The van der Waals surface area contributed by atoms with Gasteiger partial charge in [0, 0.05) is 13.6 Å². The largest absolute Gasteiger partial charge is 0.371 e. The number of nitrogens with one attached hydrogen (secondary N) is 2. The van der Waals surface area contributed by atoms with Crippen LogP contribution in [0.25, 0.3) is 0 Å². The van der Waals surface area contributed by atoms with Crippen molar-refractivity contribution in [1.82, 2.24) is 14.9 Å². The van der Waals surface area contributed by atoms with Gasteiger partial charge in [-0.3, -0.25) is 4.90 Å². The van der Waals surface area contributed by atoms with E-state index in [-0.39, 0.29) is 11.9 Å². The summed E-state index contributed by atoms with van der Waals surface area (Å²) in [6.45, 7) is 2.90. The minimum Gasteiger partial charge on any atom is -0.371 e. The van der Waals surface area contributed by atoms with Crippen LogP contribution in [0.5, 0.6) is 0 Å². The molecule has 5 nitrogen and oxygen atoms in total. The summed E-state index contributed by atoms with van der Waals surface area (Å²) in [7, 11) is 1.65. The minimum atomic E-state index is -0.444. The highest BCUT2D eigenvalue weighted by atomic mass is 19.1. The third kappa shape index (κ3) is 4.66. The van der Waals surface area contributed by atoms with Gasteiger partial charge in [-0.2, -0.15) is 4.98 Å². The van der Waals surface area contributed by atoms with Gasteiger partial charge in [-0.15, -0.1) is 0 Å². The first-order chi connectivity index (χ1) is 12.3. The summed E-state index contributed by atoms with van der Waals surface area (Å²) in [5, 5.41) is 6.04. The van der Waals surface area contributed by atoms with Crippen LogP contribution in [0.3, 0.4) is 0 Å². The second-order valence-electron chi connectivity index (χ2n) is 6.40. The first-order valence-electron chi connectivity index (χ1n) is 9.01. The smallest absolute Gasteiger partial charge is 0.224 e. The van der Waals surface area contributed by atoms with E-state index in [0.717, 1.165) is 13.1 Å². The fourth-order valence-electron chi connectivity index (χ4n) is 3.36. The first kappa shape index (κ1) is 17.6. The molecule has 0 saturated carbocycles. The Morgan fingerprint density at radius 1 is 1.12 bits per heavy atom. The molecule has 1 aliphatic rings. The number of anilines is 2. The van der Waals surface area contributed by atoms with Crippen molar-refractivity contribution in [3.8, 4) is 0 Å². The Labute approximate surface area is 148 Å². The van der Waals surface area contributed by atoms with E-state index >= 15 is 0 Å². The average molecular weight is 343 g/mol. The third-order valence-corrected chi connectivity index (χ3v) is 4.70. The number of hydrogen-bond acceptors (Lipinski definition) is 5. The molecule has 0 radical (unpaired) electrons. The summed E-state index contributed by atoms with van der Waals surface area (Å²) in [5.74, 6) is 0.213. The Balaban J connectivity index is 1.75. The Morgan fingerprint density at radius 2 is 1.84 bits per heavy atom. The molecular formula is C19H26FN5. The standard InChI is InChI=1S/C19H26FN5/c1-21-18-16(20)13-22-19(24-18)23-14-17(15-9-5-4-6-10-15)25-11-7-2-3-8-12-25/h4-6,9-10,13,17H,2-3,7-8,11-12,14H2,1H3,(H2,21,22,23,24). The van der Waals surface area contributed by atoms with E-state index in [0.29, 0.717) is 12.5 Å². The van der Waals surface area contributed by atoms with Crippen LogP contribution in [0, 0.1) is 5.82 Å². The Hall–Kier alpha value is -2.21. The maximum Gasteiger partial charge on any atom is 0.224 e. The van der Waals surface area contributed by atoms with Crippen molar-refractivity contribution in [3.63, 3.8) is 0 Å². The number of halogens is 1. The molecule has 0 amide bonds. The molecule has 6 heteroatoms. The lowest BCUT2D eigenvalue weighted by molar-refractivity contribution is 0.213. The van der Waals surface area contributed by atoms with Crippen molar-refractivity contribution in [2.75, 3.05) is 37.3 Å². The maximum atomic E-state index is 13.5. The highest BCUT2D eigenvalue weighted by Gasteiger charge is 2.21. The van der Waals surface area contributed by atoms with Crippen LogP contribution in [0.1, 0.15) is 37.3 Å². The van der Waals surface area contributed by atoms with Gasteiger partial charge in [0.2, 0.25) is 5.95 Å². The number of hydrogen-bond donors (Lipinski definition) is 2. The SMILES string of the molecule is CNc1nc(NCC(c2ccccc2)N2CCCCCC2)ncc1F. The van der Waals surface area contributed by atoms with Gasteiger partial charge >= 0.3 is 0 Å². The van der Waals surface area contributed by atoms with E-state index < -0.39 is 5.82 Å². The molecule has 0 aliphatic carbocycles. The van der Waals surface area contributed by atoms with Crippen molar-refractivity contribution in [1.29, 1.82) is 0 Å². The Kier molecular flexibility index (Phi) is 6.17. The average Bonchev–Trinajstić information content (AvgIpc) is 2.93. The van der Waals surface area contributed by atoms with Crippen molar-refractivity contribution >= 4 is 11.8 Å². The predicted octanol–water partition coefficient (Wildman–Crippen LogP) is 3.69. The summed E-state index contributed by atoms with van der Waals surface area (Å²) < 4.78 is 13.5. The van der Waals surface area contributed by atoms with Gasteiger partial charge < -0.3 is 10.6 Å².